The molecule has 5 heteroatoms. The Labute approximate surface area is 374 Å². The Hall–Kier alpha value is -7.50. The van der Waals surface area contributed by atoms with Crippen LogP contribution < -0.4 is 15.0 Å². The molecular weight excluding hydrogens is 779 g/mol. The number of allylic oxidation sites excluding steroid dienone is 1. The standard InChI is InChI=1S/C59H49BN2O2/c1-36(2)38(5)41-31-33-47-52(61(39-19-9-7-10-20-39)50-27-17-25-45-42-23-13-15-29-53(42)63-57(45)50)35-49(37(3)4)44-32-34-48(55(41)56(44)47)59(60-6)62(40-21-11-8-12-22-40)51-28-18-26-46-43-24-14-16-30-54(43)64-58(46)51/h7-37,60H,5H2,1-4,6H3/b59-48+. The van der Waals surface area contributed by atoms with Crippen LogP contribution in [0.3, 0.4) is 0 Å². The van der Waals surface area contributed by atoms with E-state index >= 15 is 0 Å². The predicted octanol–water partition coefficient (Wildman–Crippen LogP) is 16.2. The van der Waals surface area contributed by atoms with Gasteiger partial charge < -0.3 is 18.6 Å². The van der Waals surface area contributed by atoms with Crippen molar-refractivity contribution < 1.29 is 8.83 Å². The van der Waals surface area contributed by atoms with Gasteiger partial charge in [0.15, 0.2) is 18.4 Å². The summed E-state index contributed by atoms with van der Waals surface area (Å²) in [4.78, 5) is 4.85. The van der Waals surface area contributed by atoms with Gasteiger partial charge in [0.2, 0.25) is 0 Å². The Morgan fingerprint density at radius 3 is 1.66 bits per heavy atom. The minimum atomic E-state index is 0.225. The van der Waals surface area contributed by atoms with Crippen LogP contribution in [0.1, 0.15) is 44.7 Å². The normalized spacial score (nSPS) is 12.4. The highest BCUT2D eigenvalue weighted by Gasteiger charge is 2.27. The van der Waals surface area contributed by atoms with Crippen LogP contribution >= 0.6 is 0 Å². The first-order valence-electron chi connectivity index (χ1n) is 22.6. The van der Waals surface area contributed by atoms with Crippen LogP contribution in [-0.4, -0.2) is 7.28 Å². The Kier molecular flexibility index (Phi) is 9.65. The summed E-state index contributed by atoms with van der Waals surface area (Å²) in [6.07, 6.45) is 0. The van der Waals surface area contributed by atoms with E-state index < -0.39 is 0 Å². The maximum atomic E-state index is 6.79. The van der Waals surface area contributed by atoms with Crippen molar-refractivity contribution in [3.63, 3.8) is 0 Å². The molecule has 0 aliphatic rings. The lowest BCUT2D eigenvalue weighted by Crippen LogP contribution is -2.27. The zero-order chi connectivity index (χ0) is 43.6. The van der Waals surface area contributed by atoms with Crippen LogP contribution in [0.2, 0.25) is 6.82 Å². The van der Waals surface area contributed by atoms with Crippen LogP contribution in [0.25, 0.3) is 76.6 Å². The SMILES string of the molecule is C=C(c1ccc2c(N(c3ccccc3)c3cccc4c3oc3ccccc34)cc(C(C)C)c3cc/c(=C(/BC)N(c4ccccc4)c4cccc5c4oc4ccccc45)c1c32)C(C)C. The summed E-state index contributed by atoms with van der Waals surface area (Å²) in [5.74, 6) is 0.457. The number of nitrogens with zero attached hydrogens (tertiary/aromatic N) is 2. The number of hydrogen-bond donors (Lipinski definition) is 0. The van der Waals surface area contributed by atoms with Gasteiger partial charge in [-0.3, -0.25) is 0 Å². The van der Waals surface area contributed by atoms with E-state index in [1.54, 1.807) is 0 Å². The molecule has 0 amide bonds. The van der Waals surface area contributed by atoms with Crippen LogP contribution in [0.4, 0.5) is 28.4 Å². The predicted molar refractivity (Wildman–Crippen MR) is 275 cm³/mol. The molecule has 2 heterocycles. The van der Waals surface area contributed by atoms with E-state index in [1.807, 2.05) is 12.1 Å². The van der Waals surface area contributed by atoms with Gasteiger partial charge in [-0.2, -0.15) is 0 Å². The molecule has 0 saturated carbocycles. The molecule has 310 valence electrons. The molecule has 11 rings (SSSR count). The molecule has 0 fully saturated rings. The zero-order valence-electron chi connectivity index (χ0n) is 37.0. The van der Waals surface area contributed by atoms with Gasteiger partial charge in [-0.05, 0) is 110 Å². The molecule has 0 unspecified atom stereocenters. The van der Waals surface area contributed by atoms with Gasteiger partial charge >= 0.3 is 0 Å². The summed E-state index contributed by atoms with van der Waals surface area (Å²) < 4.78 is 13.6. The van der Waals surface area contributed by atoms with Gasteiger partial charge in [0.25, 0.3) is 0 Å². The maximum absolute atomic E-state index is 6.79. The first-order chi connectivity index (χ1) is 31.3. The summed E-state index contributed by atoms with van der Waals surface area (Å²) in [6, 6.07) is 63.1. The molecule has 2 aromatic heterocycles. The number of anilines is 5. The van der Waals surface area contributed by atoms with Gasteiger partial charge in [0.1, 0.15) is 11.2 Å². The van der Waals surface area contributed by atoms with Gasteiger partial charge in [-0.15, -0.1) is 0 Å². The van der Waals surface area contributed by atoms with E-state index in [1.165, 1.54) is 38.1 Å². The molecule has 64 heavy (non-hydrogen) atoms. The Bertz CT molecular complexity index is 3640. The number of furan rings is 2. The highest BCUT2D eigenvalue weighted by Crippen LogP contribution is 2.48. The highest BCUT2D eigenvalue weighted by atomic mass is 16.3. The molecule has 0 aliphatic heterocycles. The summed E-state index contributed by atoms with van der Waals surface area (Å²) >= 11 is 0. The van der Waals surface area contributed by atoms with E-state index in [4.69, 9.17) is 15.4 Å². The van der Waals surface area contributed by atoms with Crippen molar-refractivity contribution in [2.24, 2.45) is 5.92 Å². The van der Waals surface area contributed by atoms with Crippen molar-refractivity contribution in [1.29, 1.82) is 0 Å². The number of benzene rings is 9. The molecule has 0 bridgehead atoms. The lowest BCUT2D eigenvalue weighted by Gasteiger charge is -2.31. The van der Waals surface area contributed by atoms with Crippen LogP contribution in [-0.2, 0) is 0 Å². The lowest BCUT2D eigenvalue weighted by molar-refractivity contribution is 0.669. The smallest absolute Gasteiger partial charge is 0.177 e. The largest absolute Gasteiger partial charge is 0.454 e. The fourth-order valence-corrected chi connectivity index (χ4v) is 10.0. The molecule has 0 saturated heterocycles. The van der Waals surface area contributed by atoms with E-state index in [0.717, 1.165) is 90.6 Å². The van der Waals surface area contributed by atoms with Crippen molar-refractivity contribution in [2.75, 3.05) is 9.80 Å². The second-order valence-corrected chi connectivity index (χ2v) is 17.5. The van der Waals surface area contributed by atoms with Crippen molar-refractivity contribution in [3.8, 4) is 0 Å². The summed E-state index contributed by atoms with van der Waals surface area (Å²) in [5, 5.41) is 10.4. The Morgan fingerprint density at radius 2 is 1.05 bits per heavy atom. The summed E-state index contributed by atoms with van der Waals surface area (Å²) in [7, 11) is 0.755. The molecule has 9 aromatic carbocycles. The third kappa shape index (κ3) is 6.21. The Morgan fingerprint density at radius 1 is 0.500 bits per heavy atom. The average Bonchev–Trinajstić information content (AvgIpc) is 3.91. The fraction of sp³-hybridized carbons (Fsp3) is 0.119. The number of rotatable bonds is 10. The highest BCUT2D eigenvalue weighted by molar-refractivity contribution is 6.59. The molecule has 0 spiro atoms. The van der Waals surface area contributed by atoms with E-state index in [2.05, 4.69) is 208 Å². The van der Waals surface area contributed by atoms with E-state index in [0.29, 0.717) is 0 Å². The van der Waals surface area contributed by atoms with Crippen LogP contribution in [0.5, 0.6) is 0 Å². The molecule has 4 nitrogen and oxygen atoms in total. The molecule has 0 radical (unpaired) electrons. The topological polar surface area (TPSA) is 32.8 Å². The van der Waals surface area contributed by atoms with Crippen molar-refractivity contribution >= 4 is 112 Å². The second kappa shape index (κ2) is 15.7. The molecule has 0 atom stereocenters. The van der Waals surface area contributed by atoms with Crippen molar-refractivity contribution in [2.45, 2.75) is 40.4 Å². The fourth-order valence-electron chi connectivity index (χ4n) is 10.0. The van der Waals surface area contributed by atoms with Crippen molar-refractivity contribution in [1.82, 2.24) is 0 Å². The molecule has 11 aromatic rings. The second-order valence-electron chi connectivity index (χ2n) is 17.5. The minimum absolute atomic E-state index is 0.225. The van der Waals surface area contributed by atoms with Gasteiger partial charge in [0.05, 0.1) is 17.1 Å². The first-order valence-corrected chi connectivity index (χ1v) is 22.6. The third-order valence-electron chi connectivity index (χ3n) is 13.1. The monoisotopic (exact) mass is 828 g/mol. The molecule has 0 N–H and O–H groups in total. The number of fused-ring (bicyclic) bond motifs is 6. The number of para-hydroxylation sites is 6. The van der Waals surface area contributed by atoms with E-state index in [-0.39, 0.29) is 11.8 Å². The van der Waals surface area contributed by atoms with Crippen LogP contribution in [0, 0.1) is 5.92 Å². The Balaban J connectivity index is 1.29. The molecular formula is C59H49BN2O2. The van der Waals surface area contributed by atoms with Crippen LogP contribution in [0.15, 0.2) is 191 Å². The average molecular weight is 829 g/mol. The van der Waals surface area contributed by atoms with E-state index in [9.17, 15) is 0 Å². The maximum Gasteiger partial charge on any atom is 0.177 e. The zero-order valence-corrected chi connectivity index (χ0v) is 37.0. The quantitative estimate of drug-likeness (QED) is 0.129. The van der Waals surface area contributed by atoms with Gasteiger partial charge in [0, 0.05) is 38.3 Å². The third-order valence-corrected chi connectivity index (χ3v) is 13.1. The molecule has 0 aliphatic carbocycles. The minimum Gasteiger partial charge on any atom is -0.454 e. The first kappa shape index (κ1) is 39.4. The van der Waals surface area contributed by atoms with Crippen molar-refractivity contribution in [3.05, 3.63) is 199 Å². The van der Waals surface area contributed by atoms with Gasteiger partial charge in [-0.25, -0.2) is 0 Å². The lowest BCUT2D eigenvalue weighted by atomic mass is 9.73. The number of hydrogen-bond acceptors (Lipinski definition) is 4. The summed E-state index contributed by atoms with van der Waals surface area (Å²) in [6.45, 7) is 16.2. The summed E-state index contributed by atoms with van der Waals surface area (Å²) in [5.41, 5.74) is 13.5. The van der Waals surface area contributed by atoms with Gasteiger partial charge in [-0.1, -0.05) is 162 Å².